The van der Waals surface area contributed by atoms with Crippen LogP contribution in [0.5, 0.6) is 5.75 Å². The van der Waals surface area contributed by atoms with E-state index >= 15 is 0 Å². The van der Waals surface area contributed by atoms with Crippen molar-refractivity contribution in [1.29, 1.82) is 0 Å². The first kappa shape index (κ1) is 11.3. The van der Waals surface area contributed by atoms with Crippen LogP contribution in [-0.4, -0.2) is 21.6 Å². The number of nitrogens with one attached hydrogen (secondary N) is 1. The van der Waals surface area contributed by atoms with Crippen molar-refractivity contribution in [2.45, 2.75) is 0 Å². The molecule has 0 spiro atoms. The van der Waals surface area contributed by atoms with Gasteiger partial charge in [0.25, 0.3) is 0 Å². The van der Waals surface area contributed by atoms with Crippen molar-refractivity contribution in [3.8, 4) is 29.5 Å². The maximum absolute atomic E-state index is 5.40. The van der Waals surface area contributed by atoms with Crippen LogP contribution in [0.1, 0.15) is 0 Å². The average molecular weight is 249 g/mol. The molecule has 0 fully saturated rings. The number of rotatable bonds is 3. The van der Waals surface area contributed by atoms with Crippen molar-refractivity contribution in [3.05, 3.63) is 42.6 Å². The topological polar surface area (TPSA) is 50.8 Å². The average Bonchev–Trinajstić information content (AvgIpc) is 2.89. The molecular weight excluding hydrogens is 238 g/mol. The number of aromatic amines is 1. The van der Waals surface area contributed by atoms with Gasteiger partial charge < -0.3 is 9.72 Å². The lowest BCUT2D eigenvalue weighted by atomic mass is 10.2. The Balaban J connectivity index is 1.99. The van der Waals surface area contributed by atoms with Crippen molar-refractivity contribution in [3.63, 3.8) is 0 Å². The summed E-state index contributed by atoms with van der Waals surface area (Å²) in [6.45, 7) is 0.255. The molecule has 0 amide bonds. The Morgan fingerprint density at radius 1 is 1.26 bits per heavy atom. The predicted octanol–water partition coefficient (Wildman–Crippen LogP) is 2.64. The van der Waals surface area contributed by atoms with E-state index in [-0.39, 0.29) is 6.61 Å². The van der Waals surface area contributed by atoms with Gasteiger partial charge in [0, 0.05) is 11.8 Å². The number of pyridine rings is 1. The van der Waals surface area contributed by atoms with E-state index in [1.807, 2.05) is 36.4 Å². The quantitative estimate of drug-likeness (QED) is 0.726. The molecule has 0 saturated heterocycles. The summed E-state index contributed by atoms with van der Waals surface area (Å²) < 4.78 is 5.40. The normalized spacial score (nSPS) is 10.3. The largest absolute Gasteiger partial charge is 0.481 e. The molecule has 0 aliphatic rings. The second-order valence-corrected chi connectivity index (χ2v) is 3.98. The number of fused-ring (bicyclic) bond motifs is 1. The Morgan fingerprint density at radius 2 is 2.21 bits per heavy atom. The molecule has 4 heteroatoms. The summed E-state index contributed by atoms with van der Waals surface area (Å²) in [5.74, 6) is 3.93. The van der Waals surface area contributed by atoms with Crippen LogP contribution in [-0.2, 0) is 0 Å². The molecule has 4 nitrogen and oxygen atoms in total. The minimum absolute atomic E-state index is 0.255. The Labute approximate surface area is 110 Å². The van der Waals surface area contributed by atoms with E-state index in [4.69, 9.17) is 11.2 Å². The summed E-state index contributed by atoms with van der Waals surface area (Å²) in [7, 11) is 0. The van der Waals surface area contributed by atoms with E-state index in [0.717, 1.165) is 22.7 Å². The maximum Gasteiger partial charge on any atom is 0.178 e. The fraction of sp³-hybridized carbons (Fsp3) is 0.0667. The van der Waals surface area contributed by atoms with Gasteiger partial charge in [-0.15, -0.1) is 6.42 Å². The Bertz CT molecular complexity index is 722. The molecule has 1 aromatic carbocycles. The minimum atomic E-state index is 0.255. The number of imidazole rings is 1. The van der Waals surface area contributed by atoms with E-state index in [0.29, 0.717) is 5.65 Å². The molecule has 92 valence electrons. The van der Waals surface area contributed by atoms with Gasteiger partial charge >= 0.3 is 0 Å². The SMILES string of the molecule is C#CCOc1cccc(-c2nc3ncccc3[nH]2)c1. The van der Waals surface area contributed by atoms with Gasteiger partial charge in [0.15, 0.2) is 5.65 Å². The monoisotopic (exact) mass is 249 g/mol. The third kappa shape index (κ3) is 2.26. The van der Waals surface area contributed by atoms with Gasteiger partial charge in [-0.1, -0.05) is 18.1 Å². The zero-order valence-corrected chi connectivity index (χ0v) is 10.1. The number of H-pyrrole nitrogens is 1. The lowest BCUT2D eigenvalue weighted by Crippen LogP contribution is -1.93. The van der Waals surface area contributed by atoms with Crippen molar-refractivity contribution in [2.75, 3.05) is 6.61 Å². The van der Waals surface area contributed by atoms with E-state index in [2.05, 4.69) is 20.9 Å². The summed E-state index contributed by atoms with van der Waals surface area (Å²) in [5.41, 5.74) is 2.55. The second-order valence-electron chi connectivity index (χ2n) is 3.98. The molecule has 1 N–H and O–H groups in total. The highest BCUT2D eigenvalue weighted by Gasteiger charge is 2.06. The zero-order valence-electron chi connectivity index (χ0n) is 10.1. The zero-order chi connectivity index (χ0) is 13.1. The predicted molar refractivity (Wildman–Crippen MR) is 73.7 cm³/mol. The van der Waals surface area contributed by atoms with Crippen LogP contribution in [0.4, 0.5) is 0 Å². The van der Waals surface area contributed by atoms with E-state index < -0.39 is 0 Å². The molecule has 0 radical (unpaired) electrons. The molecule has 0 aliphatic carbocycles. The molecule has 2 heterocycles. The van der Waals surface area contributed by atoms with Gasteiger partial charge in [-0.3, -0.25) is 0 Å². The molecule has 0 atom stereocenters. The Kier molecular flexibility index (Phi) is 2.87. The molecule has 3 rings (SSSR count). The first-order valence-electron chi connectivity index (χ1n) is 5.84. The van der Waals surface area contributed by atoms with Gasteiger partial charge in [0.1, 0.15) is 18.2 Å². The van der Waals surface area contributed by atoms with Crippen LogP contribution in [0.2, 0.25) is 0 Å². The lowest BCUT2D eigenvalue weighted by Gasteiger charge is -2.03. The fourth-order valence-electron chi connectivity index (χ4n) is 1.84. The first-order chi connectivity index (χ1) is 9.36. The smallest absolute Gasteiger partial charge is 0.178 e. The summed E-state index contributed by atoms with van der Waals surface area (Å²) in [4.78, 5) is 11.9. The molecule has 3 aromatic rings. The summed E-state index contributed by atoms with van der Waals surface area (Å²) >= 11 is 0. The van der Waals surface area contributed by atoms with Crippen LogP contribution < -0.4 is 4.74 Å². The number of hydrogen-bond donors (Lipinski definition) is 1. The number of aromatic nitrogens is 3. The molecule has 0 saturated carbocycles. The number of terminal acetylenes is 1. The minimum Gasteiger partial charge on any atom is -0.481 e. The third-order valence-corrected chi connectivity index (χ3v) is 2.69. The summed E-state index contributed by atoms with van der Waals surface area (Å²) in [6.07, 6.45) is 6.90. The third-order valence-electron chi connectivity index (χ3n) is 2.69. The summed E-state index contributed by atoms with van der Waals surface area (Å²) in [5, 5.41) is 0. The number of nitrogens with zero attached hydrogens (tertiary/aromatic N) is 2. The molecule has 0 bridgehead atoms. The van der Waals surface area contributed by atoms with Gasteiger partial charge in [-0.2, -0.15) is 0 Å². The van der Waals surface area contributed by atoms with Gasteiger partial charge in [-0.25, -0.2) is 9.97 Å². The molecule has 2 aromatic heterocycles. The molecule has 0 unspecified atom stereocenters. The second kappa shape index (κ2) is 4.83. The highest BCUT2D eigenvalue weighted by atomic mass is 16.5. The number of ether oxygens (including phenoxy) is 1. The lowest BCUT2D eigenvalue weighted by molar-refractivity contribution is 0.370. The van der Waals surface area contributed by atoms with E-state index in [1.165, 1.54) is 0 Å². The maximum atomic E-state index is 5.40. The number of hydrogen-bond acceptors (Lipinski definition) is 3. The van der Waals surface area contributed by atoms with Crippen LogP contribution in [0.15, 0.2) is 42.6 Å². The Hall–Kier alpha value is -2.80. The van der Waals surface area contributed by atoms with Crippen molar-refractivity contribution in [1.82, 2.24) is 15.0 Å². The Morgan fingerprint density at radius 3 is 3.05 bits per heavy atom. The van der Waals surface area contributed by atoms with Crippen LogP contribution in [0.3, 0.4) is 0 Å². The van der Waals surface area contributed by atoms with Crippen molar-refractivity contribution in [2.24, 2.45) is 0 Å². The van der Waals surface area contributed by atoms with Crippen LogP contribution in [0.25, 0.3) is 22.6 Å². The van der Waals surface area contributed by atoms with Gasteiger partial charge in [0.2, 0.25) is 0 Å². The first-order valence-corrected chi connectivity index (χ1v) is 5.84. The highest BCUT2D eigenvalue weighted by molar-refractivity contribution is 5.75. The van der Waals surface area contributed by atoms with Crippen LogP contribution >= 0.6 is 0 Å². The standard InChI is InChI=1S/C15H11N3O/c1-2-9-19-12-6-3-5-11(10-12)14-17-13-7-4-8-16-15(13)18-14/h1,3-8,10H,9H2,(H,16,17,18). The highest BCUT2D eigenvalue weighted by Crippen LogP contribution is 2.23. The van der Waals surface area contributed by atoms with Crippen LogP contribution in [0, 0.1) is 12.3 Å². The molecule has 19 heavy (non-hydrogen) atoms. The van der Waals surface area contributed by atoms with Gasteiger partial charge in [-0.05, 0) is 24.3 Å². The van der Waals surface area contributed by atoms with Crippen molar-refractivity contribution >= 4 is 11.2 Å². The molecule has 0 aliphatic heterocycles. The van der Waals surface area contributed by atoms with Gasteiger partial charge in [0.05, 0.1) is 5.52 Å². The molecular formula is C15H11N3O. The number of benzene rings is 1. The fourth-order valence-corrected chi connectivity index (χ4v) is 1.84. The van der Waals surface area contributed by atoms with E-state index in [1.54, 1.807) is 6.20 Å². The van der Waals surface area contributed by atoms with E-state index in [9.17, 15) is 0 Å². The summed E-state index contributed by atoms with van der Waals surface area (Å²) in [6, 6.07) is 11.4. The van der Waals surface area contributed by atoms with Crippen molar-refractivity contribution < 1.29 is 4.74 Å².